The van der Waals surface area contributed by atoms with E-state index >= 15 is 0 Å². The van der Waals surface area contributed by atoms with Gasteiger partial charge in [0.15, 0.2) is 0 Å². The van der Waals surface area contributed by atoms with Gasteiger partial charge in [0.1, 0.15) is 0 Å². The zero-order valence-electron chi connectivity index (χ0n) is 13.7. The fourth-order valence-corrected chi connectivity index (χ4v) is 4.84. The zero-order chi connectivity index (χ0) is 18.4. The molecule has 5 N–H and O–H groups in total. The molecule has 0 spiro atoms. The van der Waals surface area contributed by atoms with Crippen LogP contribution in [0.25, 0.3) is 0 Å². The molecule has 0 fully saturated rings. The van der Waals surface area contributed by atoms with E-state index < -0.39 is 25.8 Å². The smallest absolute Gasteiger partial charge is 0.364 e. The molecule has 138 valence electrons. The van der Waals surface area contributed by atoms with E-state index in [9.17, 15) is 33.8 Å². The maximum Gasteiger partial charge on any atom is 0.374 e. The number of hydrogen-bond acceptors (Lipinski definition) is 3. The van der Waals surface area contributed by atoms with Crippen LogP contribution in [0.5, 0.6) is 0 Å². The third-order valence-corrected chi connectivity index (χ3v) is 7.68. The molecule has 0 bridgehead atoms. The summed E-state index contributed by atoms with van der Waals surface area (Å²) in [6.07, 6.45) is 7.56. The third kappa shape index (κ3) is 5.24. The molecule has 0 heterocycles. The summed E-state index contributed by atoms with van der Waals surface area (Å²) >= 11 is 0. The first-order valence-electron chi connectivity index (χ1n) is 7.97. The summed E-state index contributed by atoms with van der Waals surface area (Å²) in [5, 5.41) is 6.50. The van der Waals surface area contributed by atoms with Crippen LogP contribution < -0.4 is 0 Å². The van der Waals surface area contributed by atoms with Crippen LogP contribution in [-0.2, 0) is 20.6 Å². The second kappa shape index (κ2) is 8.72. The van der Waals surface area contributed by atoms with Crippen LogP contribution in [-0.4, -0.2) is 24.7 Å². The van der Waals surface area contributed by atoms with Gasteiger partial charge in [-0.25, -0.2) is 0 Å². The molecule has 0 saturated heterocycles. The van der Waals surface area contributed by atoms with Gasteiger partial charge in [-0.3, -0.25) is 9.13 Å². The number of hydrogen-bond donors (Lipinski definition) is 5. The Hall–Kier alpha value is -0.520. The molecule has 0 saturated carbocycles. The third-order valence-electron chi connectivity index (χ3n) is 3.97. The molecule has 0 unspecified atom stereocenters. The van der Waals surface area contributed by atoms with Gasteiger partial charge in [0, 0.05) is 5.56 Å². The molecule has 24 heavy (non-hydrogen) atoms. The Balaban J connectivity index is 2.79. The number of rotatable bonds is 10. The van der Waals surface area contributed by atoms with Crippen molar-refractivity contribution in [3.8, 4) is 0 Å². The molecule has 0 amide bonds. The summed E-state index contributed by atoms with van der Waals surface area (Å²) in [4.78, 5) is 36.8. The number of unbranched alkanes of at least 4 members (excludes halogenated alkanes) is 5. The normalized spacial score (nSPS) is 13.2. The first-order valence-corrected chi connectivity index (χ1v) is 11.2. The van der Waals surface area contributed by atoms with E-state index in [1.165, 1.54) is 31.4 Å². The van der Waals surface area contributed by atoms with Crippen molar-refractivity contribution in [1.82, 2.24) is 0 Å². The Kier molecular flexibility index (Phi) is 7.82. The van der Waals surface area contributed by atoms with Crippen LogP contribution in [0.1, 0.15) is 56.6 Å². The van der Waals surface area contributed by atoms with E-state index in [0.717, 1.165) is 43.4 Å². The molecule has 1 rings (SSSR count). The summed E-state index contributed by atoms with van der Waals surface area (Å²) in [7, 11) is -11.0. The van der Waals surface area contributed by atoms with Crippen molar-refractivity contribution in [3.63, 3.8) is 0 Å². The van der Waals surface area contributed by atoms with E-state index in [1.807, 2.05) is 0 Å². The van der Waals surface area contributed by atoms with E-state index in [-0.39, 0.29) is 0 Å². The lowest BCUT2D eigenvalue weighted by Gasteiger charge is -2.29. The molecule has 1 aromatic rings. The van der Waals surface area contributed by atoms with Gasteiger partial charge in [0.2, 0.25) is 0 Å². The standard InChI is InChI=1S/C15H26O7P2/c1-2-3-4-5-6-7-8-13-9-11-14(12-10-13)15(16,23(17,18)19)24(20,21)22/h9-12,16H,2-8H2,1H3,(H2,17,18,19)(H2,20,21,22). The quantitative estimate of drug-likeness (QED) is 0.311. The molecule has 0 atom stereocenters. The summed E-state index contributed by atoms with van der Waals surface area (Å²) in [5.74, 6) is 0. The fourth-order valence-electron chi connectivity index (χ4n) is 2.51. The predicted octanol–water partition coefficient (Wildman–Crippen LogP) is 3.05. The van der Waals surface area contributed by atoms with Crippen molar-refractivity contribution in [2.45, 2.75) is 57.0 Å². The van der Waals surface area contributed by atoms with Crippen LogP contribution >= 0.6 is 15.2 Å². The lowest BCUT2D eigenvalue weighted by atomic mass is 10.0. The highest BCUT2D eigenvalue weighted by Crippen LogP contribution is 2.72. The van der Waals surface area contributed by atoms with Crippen LogP contribution in [0, 0.1) is 0 Å². The topological polar surface area (TPSA) is 135 Å². The molecule has 0 aromatic heterocycles. The number of benzene rings is 1. The first kappa shape index (κ1) is 21.5. The second-order valence-corrected chi connectivity index (χ2v) is 9.76. The van der Waals surface area contributed by atoms with Crippen LogP contribution in [0.3, 0.4) is 0 Å². The first-order chi connectivity index (χ1) is 11.0. The molecule has 0 aliphatic heterocycles. The average Bonchev–Trinajstić information content (AvgIpc) is 2.48. The maximum absolute atomic E-state index is 11.4. The van der Waals surface area contributed by atoms with Gasteiger partial charge in [-0.1, -0.05) is 63.3 Å². The number of aliphatic hydroxyl groups is 1. The Morgan fingerprint density at radius 1 is 0.833 bits per heavy atom. The van der Waals surface area contributed by atoms with Gasteiger partial charge < -0.3 is 24.7 Å². The Bertz CT molecular complexity index is 581. The maximum atomic E-state index is 11.4. The van der Waals surface area contributed by atoms with Crippen LogP contribution in [0.15, 0.2) is 24.3 Å². The molecule has 0 aliphatic carbocycles. The molecule has 1 aromatic carbocycles. The van der Waals surface area contributed by atoms with E-state index in [1.54, 1.807) is 0 Å². The van der Waals surface area contributed by atoms with Crippen molar-refractivity contribution in [2.75, 3.05) is 0 Å². The van der Waals surface area contributed by atoms with Crippen molar-refractivity contribution in [1.29, 1.82) is 0 Å². The minimum absolute atomic E-state index is 0.490. The minimum Gasteiger partial charge on any atom is -0.364 e. The average molecular weight is 380 g/mol. The molecule has 7 nitrogen and oxygen atoms in total. The zero-order valence-corrected chi connectivity index (χ0v) is 15.5. The molecule has 9 heteroatoms. The second-order valence-electron chi connectivity index (χ2n) is 5.94. The largest absolute Gasteiger partial charge is 0.374 e. The minimum atomic E-state index is -5.49. The monoisotopic (exact) mass is 380 g/mol. The highest BCUT2D eigenvalue weighted by atomic mass is 31.2. The summed E-state index contributed by atoms with van der Waals surface area (Å²) in [6, 6.07) is 5.37. The molecular weight excluding hydrogens is 354 g/mol. The van der Waals surface area contributed by atoms with Crippen LogP contribution in [0.2, 0.25) is 0 Å². The Morgan fingerprint density at radius 3 is 1.75 bits per heavy atom. The van der Waals surface area contributed by atoms with Gasteiger partial charge in [-0.2, -0.15) is 0 Å². The predicted molar refractivity (Wildman–Crippen MR) is 91.5 cm³/mol. The lowest BCUT2D eigenvalue weighted by molar-refractivity contribution is 0.131. The van der Waals surface area contributed by atoms with Gasteiger partial charge in [0.25, 0.3) is 5.08 Å². The fraction of sp³-hybridized carbons (Fsp3) is 0.600. The van der Waals surface area contributed by atoms with Crippen molar-refractivity contribution in [2.24, 2.45) is 0 Å². The van der Waals surface area contributed by atoms with Crippen molar-refractivity contribution >= 4 is 15.2 Å². The Morgan fingerprint density at radius 2 is 1.29 bits per heavy atom. The Labute approximate surface area is 142 Å². The SMILES string of the molecule is CCCCCCCCc1ccc(C(O)(P(=O)(O)O)P(=O)(O)O)cc1. The highest BCUT2D eigenvalue weighted by molar-refractivity contribution is 7.71. The summed E-state index contributed by atoms with van der Waals surface area (Å²) in [6.45, 7) is 2.15. The van der Waals surface area contributed by atoms with Gasteiger partial charge in [0.05, 0.1) is 0 Å². The van der Waals surface area contributed by atoms with E-state index in [0.29, 0.717) is 0 Å². The van der Waals surface area contributed by atoms with Gasteiger partial charge >= 0.3 is 15.2 Å². The van der Waals surface area contributed by atoms with Gasteiger partial charge in [-0.15, -0.1) is 0 Å². The van der Waals surface area contributed by atoms with Crippen molar-refractivity contribution in [3.05, 3.63) is 35.4 Å². The van der Waals surface area contributed by atoms with E-state index in [2.05, 4.69) is 6.92 Å². The van der Waals surface area contributed by atoms with Gasteiger partial charge in [-0.05, 0) is 18.4 Å². The highest BCUT2D eigenvalue weighted by Gasteiger charge is 2.60. The van der Waals surface area contributed by atoms with E-state index in [4.69, 9.17) is 0 Å². The molecular formula is C15H26O7P2. The lowest BCUT2D eigenvalue weighted by Crippen LogP contribution is -2.25. The molecule has 0 aliphatic rings. The van der Waals surface area contributed by atoms with Crippen molar-refractivity contribution < 1.29 is 33.8 Å². The van der Waals surface area contributed by atoms with Crippen LogP contribution in [0.4, 0.5) is 0 Å². The molecule has 0 radical (unpaired) electrons. The summed E-state index contributed by atoms with van der Waals surface area (Å²) in [5.41, 5.74) is 0.392. The number of aryl methyl sites for hydroxylation is 1. The summed E-state index contributed by atoms with van der Waals surface area (Å²) < 4.78 is 22.9.